The number of benzene rings is 1. The van der Waals surface area contributed by atoms with Crippen LogP contribution >= 0.6 is 0 Å². The number of carboxylic acid groups (broad SMARTS) is 1. The molecule has 0 aliphatic rings. The number of aliphatic carboxylic acids is 1. The quantitative estimate of drug-likeness (QED) is 0.222. The number of hydrogen-bond acceptors (Lipinski definition) is 6. The monoisotopic (exact) mass is 506 g/mol. The average Bonchev–Trinajstić information content (AvgIpc) is 2.80. The average molecular weight is 507 g/mol. The van der Waals surface area contributed by atoms with E-state index in [-0.39, 0.29) is 29.9 Å². The van der Waals surface area contributed by atoms with Crippen molar-refractivity contribution in [1.82, 2.24) is 16.0 Å². The molecule has 0 aliphatic carbocycles. The molecule has 7 N–H and O–H groups in total. The number of nitrogens with two attached hydrogens (primary N) is 1. The first kappa shape index (κ1) is 30.9. The van der Waals surface area contributed by atoms with E-state index in [1.807, 2.05) is 20.8 Å². The molecule has 5 atom stereocenters. The third-order valence-electron chi connectivity index (χ3n) is 6.09. The topological polar surface area (TPSA) is 171 Å². The summed E-state index contributed by atoms with van der Waals surface area (Å²) in [6.07, 6.45) is 1.08. The Kier molecular flexibility index (Phi) is 12.4. The second-order valence-electron chi connectivity index (χ2n) is 10.1. The second kappa shape index (κ2) is 14.4. The van der Waals surface area contributed by atoms with Gasteiger partial charge in [0.2, 0.25) is 17.7 Å². The third-order valence-corrected chi connectivity index (χ3v) is 6.09. The third kappa shape index (κ3) is 9.85. The lowest BCUT2D eigenvalue weighted by Gasteiger charge is -2.28. The van der Waals surface area contributed by atoms with E-state index < -0.39 is 47.9 Å². The van der Waals surface area contributed by atoms with Crippen molar-refractivity contribution in [2.45, 2.75) is 85.0 Å². The fourth-order valence-corrected chi connectivity index (χ4v) is 3.69. The summed E-state index contributed by atoms with van der Waals surface area (Å²) in [7, 11) is 0. The van der Waals surface area contributed by atoms with Crippen molar-refractivity contribution in [1.29, 1.82) is 0 Å². The molecule has 1 aromatic carbocycles. The lowest BCUT2D eigenvalue weighted by molar-refractivity contribution is -0.144. The van der Waals surface area contributed by atoms with Crippen LogP contribution in [0.1, 0.15) is 59.9 Å². The summed E-state index contributed by atoms with van der Waals surface area (Å²) in [6, 6.07) is 2.24. The van der Waals surface area contributed by atoms with Gasteiger partial charge in [-0.1, -0.05) is 60.1 Å². The van der Waals surface area contributed by atoms with Gasteiger partial charge >= 0.3 is 5.97 Å². The van der Waals surface area contributed by atoms with Gasteiger partial charge in [0.25, 0.3) is 0 Å². The Morgan fingerprint density at radius 2 is 1.42 bits per heavy atom. The number of hydrogen-bond donors (Lipinski definition) is 6. The molecule has 0 radical (unpaired) electrons. The van der Waals surface area contributed by atoms with Crippen LogP contribution in [0.5, 0.6) is 5.75 Å². The minimum absolute atomic E-state index is 0.0635. The second-order valence-corrected chi connectivity index (χ2v) is 10.1. The normalized spacial score (nSPS) is 15.5. The van der Waals surface area contributed by atoms with Crippen LogP contribution in [0.4, 0.5) is 0 Å². The summed E-state index contributed by atoms with van der Waals surface area (Å²) in [5, 5.41) is 27.0. The maximum atomic E-state index is 13.3. The van der Waals surface area contributed by atoms with Gasteiger partial charge in [0, 0.05) is 6.42 Å². The predicted molar refractivity (Wildman–Crippen MR) is 137 cm³/mol. The van der Waals surface area contributed by atoms with E-state index in [2.05, 4.69) is 16.0 Å². The van der Waals surface area contributed by atoms with Gasteiger partial charge in [-0.2, -0.15) is 0 Å². The molecule has 0 saturated carbocycles. The van der Waals surface area contributed by atoms with Crippen LogP contribution in [-0.2, 0) is 25.6 Å². The molecule has 0 aliphatic heterocycles. The summed E-state index contributed by atoms with van der Waals surface area (Å²) >= 11 is 0. The zero-order chi connectivity index (χ0) is 27.6. The standard InChI is InChI=1S/C26H42N4O6/c1-7-16(6)22(26(35)36)30-25(34)21(15(4)5)29-24(33)20(13-17-8-10-18(31)11-9-17)28-23(32)19(27)12-14(2)3/h8-11,14-16,19-22,31H,7,12-13,27H2,1-6H3,(H,28,32)(H,29,33)(H,30,34)(H,35,36). The molecule has 1 aromatic rings. The Morgan fingerprint density at radius 1 is 0.861 bits per heavy atom. The fraction of sp³-hybridized carbons (Fsp3) is 0.615. The predicted octanol–water partition coefficient (Wildman–Crippen LogP) is 1.55. The summed E-state index contributed by atoms with van der Waals surface area (Å²) in [5.41, 5.74) is 6.69. The van der Waals surface area contributed by atoms with Gasteiger partial charge in [-0.25, -0.2) is 4.79 Å². The van der Waals surface area contributed by atoms with E-state index >= 15 is 0 Å². The van der Waals surface area contributed by atoms with E-state index in [1.54, 1.807) is 32.9 Å². The molecule has 0 spiro atoms. The summed E-state index contributed by atoms with van der Waals surface area (Å²) in [5.74, 6) is -3.27. The maximum Gasteiger partial charge on any atom is 0.326 e. The highest BCUT2D eigenvalue weighted by atomic mass is 16.4. The van der Waals surface area contributed by atoms with Gasteiger partial charge in [0.15, 0.2) is 0 Å². The molecule has 0 fully saturated rings. The highest BCUT2D eigenvalue weighted by Crippen LogP contribution is 2.14. The zero-order valence-corrected chi connectivity index (χ0v) is 22.1. The molecule has 36 heavy (non-hydrogen) atoms. The molecule has 3 amide bonds. The summed E-state index contributed by atoms with van der Waals surface area (Å²) < 4.78 is 0. The molecule has 202 valence electrons. The Hall–Kier alpha value is -3.14. The molecule has 0 bridgehead atoms. The van der Waals surface area contributed by atoms with E-state index in [0.29, 0.717) is 18.4 Å². The Bertz CT molecular complexity index is 887. The number of carboxylic acids is 1. The zero-order valence-electron chi connectivity index (χ0n) is 22.1. The van der Waals surface area contributed by atoms with Crippen molar-refractivity contribution in [2.75, 3.05) is 0 Å². The molecule has 10 heteroatoms. The van der Waals surface area contributed by atoms with Gasteiger partial charge in [0.05, 0.1) is 6.04 Å². The van der Waals surface area contributed by atoms with E-state index in [4.69, 9.17) is 5.73 Å². The van der Waals surface area contributed by atoms with Crippen molar-refractivity contribution in [3.8, 4) is 5.75 Å². The van der Waals surface area contributed by atoms with Gasteiger partial charge in [0.1, 0.15) is 23.9 Å². The maximum absolute atomic E-state index is 13.3. The molecule has 0 heterocycles. The van der Waals surface area contributed by atoms with E-state index in [9.17, 15) is 29.4 Å². The minimum Gasteiger partial charge on any atom is -0.508 e. The lowest BCUT2D eigenvalue weighted by atomic mass is 9.96. The van der Waals surface area contributed by atoms with Gasteiger partial charge in [-0.15, -0.1) is 0 Å². The first-order valence-electron chi connectivity index (χ1n) is 12.4. The SMILES string of the molecule is CCC(C)C(NC(=O)C(NC(=O)C(Cc1ccc(O)cc1)NC(=O)C(N)CC(C)C)C(C)C)C(=O)O. The Morgan fingerprint density at radius 3 is 1.89 bits per heavy atom. The van der Waals surface area contributed by atoms with Crippen molar-refractivity contribution < 1.29 is 29.4 Å². The number of amides is 3. The largest absolute Gasteiger partial charge is 0.508 e. The minimum atomic E-state index is -1.15. The van der Waals surface area contributed by atoms with E-state index in [1.165, 1.54) is 12.1 Å². The van der Waals surface area contributed by atoms with Gasteiger partial charge < -0.3 is 31.9 Å². The number of aromatic hydroxyl groups is 1. The number of carbonyl (C=O) groups excluding carboxylic acids is 3. The van der Waals surface area contributed by atoms with E-state index in [0.717, 1.165) is 0 Å². The number of nitrogens with one attached hydrogen (secondary N) is 3. The molecule has 0 aromatic heterocycles. The van der Waals surface area contributed by atoms with Crippen molar-refractivity contribution in [3.05, 3.63) is 29.8 Å². The molecule has 5 unspecified atom stereocenters. The first-order valence-corrected chi connectivity index (χ1v) is 12.4. The molecule has 0 saturated heterocycles. The highest BCUT2D eigenvalue weighted by Gasteiger charge is 2.33. The highest BCUT2D eigenvalue weighted by molar-refractivity contribution is 5.94. The van der Waals surface area contributed by atoms with Crippen molar-refractivity contribution in [3.63, 3.8) is 0 Å². The van der Waals surface area contributed by atoms with Crippen LogP contribution in [0.2, 0.25) is 0 Å². The molecule has 10 nitrogen and oxygen atoms in total. The number of carbonyl (C=O) groups is 4. The van der Waals surface area contributed by atoms with Crippen molar-refractivity contribution in [2.24, 2.45) is 23.5 Å². The lowest BCUT2D eigenvalue weighted by Crippen LogP contribution is -2.59. The fourth-order valence-electron chi connectivity index (χ4n) is 3.69. The van der Waals surface area contributed by atoms with Crippen LogP contribution in [0.3, 0.4) is 0 Å². The van der Waals surface area contributed by atoms with Crippen molar-refractivity contribution >= 4 is 23.7 Å². The molecular formula is C26H42N4O6. The summed E-state index contributed by atoms with van der Waals surface area (Å²) in [4.78, 5) is 50.7. The van der Waals surface area contributed by atoms with Crippen LogP contribution in [0.25, 0.3) is 0 Å². The first-order chi connectivity index (χ1) is 16.8. The summed E-state index contributed by atoms with van der Waals surface area (Å²) in [6.45, 7) is 10.9. The van der Waals surface area contributed by atoms with Gasteiger partial charge in [-0.3, -0.25) is 14.4 Å². The number of phenolic OH excluding ortho intramolecular Hbond substituents is 1. The smallest absolute Gasteiger partial charge is 0.326 e. The van der Waals surface area contributed by atoms with Crippen LogP contribution in [0.15, 0.2) is 24.3 Å². The van der Waals surface area contributed by atoms with Crippen LogP contribution < -0.4 is 21.7 Å². The molecular weight excluding hydrogens is 464 g/mol. The molecule has 1 rings (SSSR count). The van der Waals surface area contributed by atoms with Gasteiger partial charge in [-0.05, 0) is 41.9 Å². The Balaban J connectivity index is 3.12. The van der Waals surface area contributed by atoms with Crippen LogP contribution in [-0.4, -0.2) is 58.1 Å². The number of phenols is 1. The number of rotatable bonds is 14. The van der Waals surface area contributed by atoms with Crippen LogP contribution in [0, 0.1) is 17.8 Å². The Labute approximate surface area is 213 Å².